The Morgan fingerprint density at radius 1 is 1.30 bits per heavy atom. The van der Waals surface area contributed by atoms with Gasteiger partial charge in [-0.2, -0.15) is 0 Å². The molecule has 2 saturated carbocycles. The van der Waals surface area contributed by atoms with E-state index in [2.05, 4.69) is 17.0 Å². The highest BCUT2D eigenvalue weighted by Crippen LogP contribution is 2.64. The first kappa shape index (κ1) is 17.0. The van der Waals surface area contributed by atoms with Crippen molar-refractivity contribution in [2.24, 2.45) is 11.8 Å². The molecule has 2 N–H and O–H groups in total. The van der Waals surface area contributed by atoms with Gasteiger partial charge in [-0.25, -0.2) is 12.8 Å². The van der Waals surface area contributed by atoms with Crippen molar-refractivity contribution in [3.63, 3.8) is 0 Å². The molecule has 2 aliphatic carbocycles. The summed E-state index contributed by atoms with van der Waals surface area (Å²) >= 11 is 0. The number of fused-ring (bicyclic) bond motifs is 1. The molecular weight excluding hydrogens is 339 g/mol. The van der Waals surface area contributed by atoms with Gasteiger partial charge in [-0.05, 0) is 68.0 Å². The number of hydrogen-bond donors (Lipinski definition) is 2. The summed E-state index contributed by atoms with van der Waals surface area (Å²) in [6, 6.07) is 4.65. The van der Waals surface area contributed by atoms with Crippen LogP contribution in [-0.2, 0) is 15.4 Å². The third-order valence-corrected chi connectivity index (χ3v) is 7.57. The van der Waals surface area contributed by atoms with Crippen molar-refractivity contribution in [2.75, 3.05) is 17.8 Å². The lowest BCUT2D eigenvalue weighted by Crippen LogP contribution is -2.26. The maximum Gasteiger partial charge on any atom is 0.235 e. The number of piperidine rings is 1. The molecule has 4 nitrogen and oxygen atoms in total. The zero-order chi connectivity index (χ0) is 15.5. The van der Waals surface area contributed by atoms with Crippen LogP contribution in [-0.4, -0.2) is 26.8 Å². The Kier molecular flexibility index (Phi) is 4.14. The van der Waals surface area contributed by atoms with Crippen LogP contribution >= 0.6 is 12.4 Å². The van der Waals surface area contributed by atoms with Crippen LogP contribution in [0.2, 0.25) is 0 Å². The highest BCUT2D eigenvalue weighted by molar-refractivity contribution is 7.93. The van der Waals surface area contributed by atoms with E-state index in [-0.39, 0.29) is 28.9 Å². The minimum absolute atomic E-state index is 0. The Bertz CT molecular complexity index is 711. The van der Waals surface area contributed by atoms with E-state index < -0.39 is 10.0 Å². The van der Waals surface area contributed by atoms with Crippen molar-refractivity contribution in [2.45, 2.75) is 36.9 Å². The van der Waals surface area contributed by atoms with Crippen molar-refractivity contribution < 1.29 is 12.8 Å². The fourth-order valence-electron chi connectivity index (χ4n) is 4.33. The molecule has 0 aromatic heterocycles. The summed E-state index contributed by atoms with van der Waals surface area (Å²) < 4.78 is 41.2. The second kappa shape index (κ2) is 5.60. The van der Waals surface area contributed by atoms with Gasteiger partial charge in [0.15, 0.2) is 0 Å². The third kappa shape index (κ3) is 2.55. The van der Waals surface area contributed by atoms with Crippen molar-refractivity contribution in [3.8, 4) is 0 Å². The van der Waals surface area contributed by atoms with E-state index in [9.17, 15) is 12.8 Å². The number of rotatable bonds is 5. The Morgan fingerprint density at radius 3 is 2.52 bits per heavy atom. The zero-order valence-corrected chi connectivity index (χ0v) is 14.6. The van der Waals surface area contributed by atoms with Crippen molar-refractivity contribution in [3.05, 3.63) is 29.6 Å². The fraction of sp³-hybridized carbons (Fsp3) is 0.625. The number of anilines is 1. The highest BCUT2D eigenvalue weighted by atomic mass is 35.5. The SMILES string of the molecule is CC[C@@]1(c2cc(NS(=O)(=O)C3CC3)ccc2F)[C@@H]2CNC[C@@H]21.Cl. The number of nitrogens with one attached hydrogen (secondary N) is 2. The molecule has 7 heteroatoms. The number of sulfonamides is 1. The standard InChI is InChI=1S/C16H21FN2O2S.ClH/c1-2-16(13-8-18-9-14(13)16)12-7-10(3-6-15(12)17)19-22(20,21)11-4-5-11;/h3,6-7,11,13-14,18-19H,2,4-5,8-9H2,1H3;1H/t13-,14+,16-;. The van der Waals surface area contributed by atoms with Crippen LogP contribution < -0.4 is 10.0 Å². The second-order valence-corrected chi connectivity index (χ2v) is 8.77. The molecule has 3 atom stereocenters. The lowest BCUT2D eigenvalue weighted by Gasteiger charge is -2.22. The predicted octanol–water partition coefficient (Wildman–Crippen LogP) is 2.65. The number of benzene rings is 1. The summed E-state index contributed by atoms with van der Waals surface area (Å²) in [5, 5.41) is 3.07. The van der Waals surface area contributed by atoms with Gasteiger partial charge in [0.25, 0.3) is 0 Å². The maximum atomic E-state index is 14.4. The highest BCUT2D eigenvalue weighted by Gasteiger charge is 2.66. The molecular formula is C16H22ClFN2O2S. The minimum atomic E-state index is -3.30. The Balaban J connectivity index is 0.00000156. The fourth-order valence-corrected chi connectivity index (χ4v) is 5.71. The molecule has 0 spiro atoms. The Hall–Kier alpha value is -0.850. The van der Waals surface area contributed by atoms with Gasteiger partial charge < -0.3 is 5.32 Å². The van der Waals surface area contributed by atoms with Gasteiger partial charge in [0.1, 0.15) is 5.82 Å². The van der Waals surface area contributed by atoms with Crippen LogP contribution in [0.3, 0.4) is 0 Å². The molecule has 128 valence electrons. The first-order valence-electron chi connectivity index (χ1n) is 8.01. The summed E-state index contributed by atoms with van der Waals surface area (Å²) in [5.41, 5.74) is 1.06. The summed E-state index contributed by atoms with van der Waals surface area (Å²) in [6.07, 6.45) is 2.33. The monoisotopic (exact) mass is 360 g/mol. The van der Waals surface area contributed by atoms with Gasteiger partial charge >= 0.3 is 0 Å². The normalized spacial score (nSPS) is 32.1. The molecule has 1 saturated heterocycles. The maximum absolute atomic E-state index is 14.4. The molecule has 4 rings (SSSR count). The first-order valence-corrected chi connectivity index (χ1v) is 9.56. The van der Waals surface area contributed by atoms with Crippen LogP contribution in [0, 0.1) is 17.7 Å². The molecule has 0 unspecified atom stereocenters. The van der Waals surface area contributed by atoms with E-state index in [0.717, 1.165) is 32.4 Å². The van der Waals surface area contributed by atoms with Gasteiger partial charge in [0.05, 0.1) is 5.25 Å². The minimum Gasteiger partial charge on any atom is -0.316 e. The van der Waals surface area contributed by atoms with Crippen LogP contribution in [0.15, 0.2) is 18.2 Å². The predicted molar refractivity (Wildman–Crippen MR) is 91.0 cm³/mol. The van der Waals surface area contributed by atoms with Gasteiger partial charge in [-0.15, -0.1) is 12.4 Å². The van der Waals surface area contributed by atoms with Crippen LogP contribution in [0.25, 0.3) is 0 Å². The molecule has 3 fully saturated rings. The lowest BCUT2D eigenvalue weighted by atomic mass is 9.87. The van der Waals surface area contributed by atoms with E-state index in [1.54, 1.807) is 6.07 Å². The molecule has 0 radical (unpaired) electrons. The molecule has 1 aromatic carbocycles. The topological polar surface area (TPSA) is 58.2 Å². The van der Waals surface area contributed by atoms with E-state index >= 15 is 0 Å². The van der Waals surface area contributed by atoms with Gasteiger partial charge in [-0.3, -0.25) is 4.72 Å². The van der Waals surface area contributed by atoms with Gasteiger partial charge in [-0.1, -0.05) is 6.92 Å². The van der Waals surface area contributed by atoms with E-state index in [4.69, 9.17) is 0 Å². The van der Waals surface area contributed by atoms with Crippen LogP contribution in [0.5, 0.6) is 0 Å². The van der Waals surface area contributed by atoms with E-state index in [0.29, 0.717) is 23.1 Å². The van der Waals surface area contributed by atoms with Crippen LogP contribution in [0.1, 0.15) is 31.7 Å². The molecule has 1 aliphatic heterocycles. The smallest absolute Gasteiger partial charge is 0.235 e. The first-order chi connectivity index (χ1) is 10.5. The molecule has 3 aliphatic rings. The largest absolute Gasteiger partial charge is 0.316 e. The third-order valence-electron chi connectivity index (χ3n) is 5.70. The molecule has 1 heterocycles. The second-order valence-electron chi connectivity index (χ2n) is 6.81. The average Bonchev–Trinajstić information content (AvgIpc) is 3.38. The molecule has 0 bridgehead atoms. The summed E-state index contributed by atoms with van der Waals surface area (Å²) in [7, 11) is -3.30. The summed E-state index contributed by atoms with van der Waals surface area (Å²) in [5.74, 6) is 0.732. The number of halogens is 2. The van der Waals surface area contributed by atoms with E-state index in [1.807, 2.05) is 0 Å². The van der Waals surface area contributed by atoms with Gasteiger partial charge in [0.2, 0.25) is 10.0 Å². The molecule has 23 heavy (non-hydrogen) atoms. The number of hydrogen-bond acceptors (Lipinski definition) is 3. The molecule has 0 amide bonds. The lowest BCUT2D eigenvalue weighted by molar-refractivity contribution is 0.473. The zero-order valence-electron chi connectivity index (χ0n) is 13.0. The quantitative estimate of drug-likeness (QED) is 0.848. The van der Waals surface area contributed by atoms with Gasteiger partial charge in [0, 0.05) is 11.1 Å². The van der Waals surface area contributed by atoms with Crippen molar-refractivity contribution >= 4 is 28.1 Å². The van der Waals surface area contributed by atoms with Crippen LogP contribution in [0.4, 0.5) is 10.1 Å². The average molecular weight is 361 g/mol. The summed E-state index contributed by atoms with van der Waals surface area (Å²) in [4.78, 5) is 0. The van der Waals surface area contributed by atoms with E-state index in [1.165, 1.54) is 12.1 Å². The van der Waals surface area contributed by atoms with Crippen molar-refractivity contribution in [1.29, 1.82) is 0 Å². The van der Waals surface area contributed by atoms with Crippen molar-refractivity contribution in [1.82, 2.24) is 5.32 Å². The Labute approximate surface area is 142 Å². The Morgan fingerprint density at radius 2 is 1.96 bits per heavy atom. The molecule has 1 aromatic rings. The summed E-state index contributed by atoms with van der Waals surface area (Å²) in [6.45, 7) is 3.95.